The lowest BCUT2D eigenvalue weighted by Crippen LogP contribution is -2.29. The molecule has 0 radical (unpaired) electrons. The Labute approximate surface area is 167 Å². The van der Waals surface area contributed by atoms with E-state index in [0.717, 1.165) is 16.1 Å². The molecular formula is C21H21N3O3S. The Balaban J connectivity index is 1.49. The molecule has 1 atom stereocenters. The number of nitro benzene ring substituents is 1. The van der Waals surface area contributed by atoms with Gasteiger partial charge >= 0.3 is 0 Å². The minimum Gasteiger partial charge on any atom is -0.385 e. The van der Waals surface area contributed by atoms with E-state index in [9.17, 15) is 14.9 Å². The number of carbonyl (C=O) groups excluding carboxylic acids is 1. The van der Waals surface area contributed by atoms with Crippen LogP contribution in [0, 0.1) is 10.1 Å². The van der Waals surface area contributed by atoms with Gasteiger partial charge in [0, 0.05) is 35.7 Å². The van der Waals surface area contributed by atoms with Gasteiger partial charge < -0.3 is 10.6 Å². The summed E-state index contributed by atoms with van der Waals surface area (Å²) in [7, 11) is 0. The van der Waals surface area contributed by atoms with Crippen LogP contribution in [0.4, 0.5) is 11.4 Å². The molecule has 3 aromatic rings. The van der Waals surface area contributed by atoms with E-state index in [1.54, 1.807) is 23.5 Å². The highest BCUT2D eigenvalue weighted by Gasteiger charge is 2.17. The van der Waals surface area contributed by atoms with Crippen LogP contribution < -0.4 is 10.6 Å². The van der Waals surface area contributed by atoms with Gasteiger partial charge in [-0.25, -0.2) is 0 Å². The minimum absolute atomic E-state index is 0.00671. The van der Waals surface area contributed by atoms with Crippen molar-refractivity contribution in [1.82, 2.24) is 5.32 Å². The van der Waals surface area contributed by atoms with Gasteiger partial charge in [-0.1, -0.05) is 36.4 Å². The zero-order chi connectivity index (χ0) is 19.8. The molecule has 0 bridgehead atoms. The first-order valence-electron chi connectivity index (χ1n) is 8.99. The number of rotatable bonds is 9. The topological polar surface area (TPSA) is 84.3 Å². The summed E-state index contributed by atoms with van der Waals surface area (Å²) in [5, 5.41) is 19.0. The maximum absolute atomic E-state index is 12.4. The molecule has 3 rings (SSSR count). The summed E-state index contributed by atoms with van der Waals surface area (Å²) in [6.45, 7) is 0.611. The molecule has 0 spiro atoms. The van der Waals surface area contributed by atoms with Crippen molar-refractivity contribution in [2.45, 2.75) is 18.9 Å². The van der Waals surface area contributed by atoms with Crippen LogP contribution in [0.3, 0.4) is 0 Å². The number of carbonyl (C=O) groups is 1. The summed E-state index contributed by atoms with van der Waals surface area (Å²) in [5.74, 6) is -0.00671. The van der Waals surface area contributed by atoms with Gasteiger partial charge in [0.15, 0.2) is 0 Å². The molecule has 1 amide bonds. The third-order valence-electron chi connectivity index (χ3n) is 4.25. The van der Waals surface area contributed by atoms with Gasteiger partial charge in [-0.3, -0.25) is 14.9 Å². The Morgan fingerprint density at radius 3 is 2.43 bits per heavy atom. The molecular weight excluding hydrogens is 374 g/mol. The number of nitro groups is 1. The first-order valence-corrected chi connectivity index (χ1v) is 9.87. The molecule has 144 valence electrons. The number of hydrogen-bond donors (Lipinski definition) is 2. The van der Waals surface area contributed by atoms with Crippen molar-refractivity contribution >= 4 is 28.6 Å². The number of anilines is 1. The van der Waals surface area contributed by atoms with E-state index in [-0.39, 0.29) is 17.6 Å². The second kappa shape index (κ2) is 9.66. The van der Waals surface area contributed by atoms with E-state index < -0.39 is 4.92 Å². The molecule has 0 aliphatic heterocycles. The lowest BCUT2D eigenvalue weighted by Gasteiger charge is -2.18. The van der Waals surface area contributed by atoms with E-state index in [1.165, 1.54) is 12.1 Å². The first-order chi connectivity index (χ1) is 13.6. The largest absolute Gasteiger partial charge is 0.385 e. The Kier molecular flexibility index (Phi) is 6.75. The summed E-state index contributed by atoms with van der Waals surface area (Å²) in [6, 6.07) is 20.0. The summed E-state index contributed by atoms with van der Waals surface area (Å²) < 4.78 is 0. The van der Waals surface area contributed by atoms with Crippen LogP contribution in [0.15, 0.2) is 72.1 Å². The van der Waals surface area contributed by atoms with Crippen LogP contribution in [0.2, 0.25) is 0 Å². The number of non-ortho nitro benzene ring substituents is 1. The highest BCUT2D eigenvalue weighted by Crippen LogP contribution is 2.26. The Hall–Kier alpha value is -3.19. The van der Waals surface area contributed by atoms with E-state index in [1.807, 2.05) is 47.8 Å². The van der Waals surface area contributed by atoms with Crippen LogP contribution in [-0.4, -0.2) is 17.4 Å². The summed E-state index contributed by atoms with van der Waals surface area (Å²) in [6.07, 6.45) is 1.06. The van der Waals surface area contributed by atoms with Crippen molar-refractivity contribution < 1.29 is 9.72 Å². The monoisotopic (exact) mass is 395 g/mol. The van der Waals surface area contributed by atoms with Gasteiger partial charge in [0.25, 0.3) is 5.69 Å². The third-order valence-corrected chi connectivity index (χ3v) is 5.19. The van der Waals surface area contributed by atoms with Gasteiger partial charge in [-0.05, 0) is 35.6 Å². The zero-order valence-electron chi connectivity index (χ0n) is 15.2. The molecule has 0 saturated heterocycles. The maximum atomic E-state index is 12.4. The summed E-state index contributed by atoms with van der Waals surface area (Å²) in [5.41, 5.74) is 1.92. The van der Waals surface area contributed by atoms with Crippen LogP contribution >= 0.6 is 11.3 Å². The van der Waals surface area contributed by atoms with Crippen molar-refractivity contribution in [2.75, 3.05) is 11.9 Å². The smallest absolute Gasteiger partial charge is 0.269 e. The molecule has 2 aromatic carbocycles. The Bertz CT molecular complexity index is 896. The van der Waals surface area contributed by atoms with Gasteiger partial charge in [0.05, 0.1) is 11.0 Å². The Morgan fingerprint density at radius 2 is 1.79 bits per heavy atom. The number of benzene rings is 2. The molecule has 2 N–H and O–H groups in total. The van der Waals surface area contributed by atoms with Gasteiger partial charge in [-0.15, -0.1) is 11.3 Å². The molecule has 28 heavy (non-hydrogen) atoms. The molecule has 1 heterocycles. The normalized spacial score (nSPS) is 11.6. The van der Waals surface area contributed by atoms with Crippen LogP contribution in [0.1, 0.15) is 29.3 Å². The second-order valence-electron chi connectivity index (χ2n) is 6.26. The summed E-state index contributed by atoms with van der Waals surface area (Å²) >= 11 is 1.62. The standard InChI is InChI=1S/C21H21N3O3S/c25-20(9-4-14-22-17-10-12-18(13-11-17)24(26)27)23-21(19-8-5-15-28-19)16-6-2-1-3-7-16/h1-3,5-8,10-13,15,21-22H,4,9,14H2,(H,23,25). The number of nitrogens with zero attached hydrogens (tertiary/aromatic N) is 1. The highest BCUT2D eigenvalue weighted by atomic mass is 32.1. The number of hydrogen-bond acceptors (Lipinski definition) is 5. The van der Waals surface area contributed by atoms with Crippen molar-refractivity contribution in [3.8, 4) is 0 Å². The average molecular weight is 395 g/mol. The fourth-order valence-electron chi connectivity index (χ4n) is 2.84. The van der Waals surface area contributed by atoms with E-state index >= 15 is 0 Å². The molecule has 1 unspecified atom stereocenters. The average Bonchev–Trinajstić information content (AvgIpc) is 3.25. The van der Waals surface area contributed by atoms with Crippen LogP contribution in [-0.2, 0) is 4.79 Å². The van der Waals surface area contributed by atoms with Crippen molar-refractivity contribution in [1.29, 1.82) is 0 Å². The number of thiophene rings is 1. The molecule has 1 aromatic heterocycles. The van der Waals surface area contributed by atoms with Crippen molar-refractivity contribution in [2.24, 2.45) is 0 Å². The maximum Gasteiger partial charge on any atom is 0.269 e. The van der Waals surface area contributed by atoms with Gasteiger partial charge in [-0.2, -0.15) is 0 Å². The zero-order valence-corrected chi connectivity index (χ0v) is 16.0. The minimum atomic E-state index is -0.426. The third kappa shape index (κ3) is 5.40. The SMILES string of the molecule is O=C(CCCNc1ccc([N+](=O)[O-])cc1)NC(c1ccccc1)c1cccs1. The van der Waals surface area contributed by atoms with Crippen LogP contribution in [0.5, 0.6) is 0 Å². The first kappa shape index (κ1) is 19.6. The molecule has 6 nitrogen and oxygen atoms in total. The fraction of sp³-hybridized carbons (Fsp3) is 0.190. The van der Waals surface area contributed by atoms with E-state index in [2.05, 4.69) is 10.6 Å². The molecule has 0 aliphatic carbocycles. The quantitative estimate of drug-likeness (QED) is 0.311. The lowest BCUT2D eigenvalue weighted by atomic mass is 10.1. The predicted molar refractivity (Wildman–Crippen MR) is 112 cm³/mol. The number of amides is 1. The summed E-state index contributed by atoms with van der Waals surface area (Å²) in [4.78, 5) is 23.8. The lowest BCUT2D eigenvalue weighted by molar-refractivity contribution is -0.384. The van der Waals surface area contributed by atoms with E-state index in [4.69, 9.17) is 0 Å². The predicted octanol–water partition coefficient (Wildman–Crippen LogP) is 4.75. The molecule has 0 saturated carbocycles. The van der Waals surface area contributed by atoms with Gasteiger partial charge in [0.2, 0.25) is 5.91 Å². The van der Waals surface area contributed by atoms with Gasteiger partial charge in [0.1, 0.15) is 0 Å². The Morgan fingerprint density at radius 1 is 1.04 bits per heavy atom. The van der Waals surface area contributed by atoms with E-state index in [0.29, 0.717) is 19.4 Å². The van der Waals surface area contributed by atoms with Crippen molar-refractivity contribution in [3.63, 3.8) is 0 Å². The van der Waals surface area contributed by atoms with Crippen molar-refractivity contribution in [3.05, 3.63) is 92.7 Å². The fourth-order valence-corrected chi connectivity index (χ4v) is 3.64. The second-order valence-corrected chi connectivity index (χ2v) is 7.24. The molecule has 7 heteroatoms. The molecule has 0 aliphatic rings. The highest BCUT2D eigenvalue weighted by molar-refractivity contribution is 7.10. The van der Waals surface area contributed by atoms with Crippen LogP contribution in [0.25, 0.3) is 0 Å². The molecule has 0 fully saturated rings. The number of nitrogens with one attached hydrogen (secondary N) is 2.